The number of carbonyl (C=O) groups excluding carboxylic acids is 3. The number of nitrogens with zero attached hydrogens (tertiary/aromatic N) is 2. The fourth-order valence-electron chi connectivity index (χ4n) is 1.12. The molecule has 1 atom stereocenters. The molecule has 1 aliphatic heterocycles. The van der Waals surface area contributed by atoms with Gasteiger partial charge in [-0.05, 0) is 0 Å². The Kier molecular flexibility index (Phi) is 2.59. The first kappa shape index (κ1) is 10.3. The molecule has 1 heterocycles. The van der Waals surface area contributed by atoms with Crippen molar-refractivity contribution in [2.24, 2.45) is 0 Å². The second kappa shape index (κ2) is 3.52. The van der Waals surface area contributed by atoms with Crippen LogP contribution in [0.5, 0.6) is 0 Å². The van der Waals surface area contributed by atoms with E-state index >= 15 is 0 Å². The van der Waals surface area contributed by atoms with Gasteiger partial charge in [0.1, 0.15) is 0 Å². The smallest absolute Gasteiger partial charge is 0.325 e. The monoisotopic (exact) mass is 200 g/mol. The molecule has 0 aromatic rings. The summed E-state index contributed by atoms with van der Waals surface area (Å²) in [5.74, 6) is -0.443. The average Bonchev–Trinajstić information content (AvgIpc) is 2.43. The molecule has 2 N–H and O–H groups in total. The number of hydrogen-bond donors (Lipinski definition) is 2. The van der Waals surface area contributed by atoms with Gasteiger partial charge in [-0.25, -0.2) is 9.59 Å². The lowest BCUT2D eigenvalue weighted by Crippen LogP contribution is -2.50. The highest BCUT2D eigenvalue weighted by Gasteiger charge is 2.39. The molecule has 0 aliphatic carbocycles. The Hall–Kier alpha value is -1.79. The SMILES string of the molecule is CNC(=O)N(C)[C@H]1NC(=O)N(C)C1=O. The number of urea groups is 2. The fourth-order valence-corrected chi connectivity index (χ4v) is 1.12. The van der Waals surface area contributed by atoms with Crippen molar-refractivity contribution in [1.82, 2.24) is 20.4 Å². The highest BCUT2D eigenvalue weighted by molar-refractivity contribution is 6.04. The third-order valence-corrected chi connectivity index (χ3v) is 2.05. The van der Waals surface area contributed by atoms with Crippen LogP contribution < -0.4 is 10.6 Å². The number of rotatable bonds is 1. The van der Waals surface area contributed by atoms with E-state index in [4.69, 9.17) is 0 Å². The molecule has 0 saturated carbocycles. The Bertz CT molecular complexity index is 291. The molecule has 1 rings (SSSR count). The summed E-state index contributed by atoms with van der Waals surface area (Å²) in [6.45, 7) is 0. The molecule has 1 saturated heterocycles. The number of nitrogens with one attached hydrogen (secondary N) is 2. The van der Waals surface area contributed by atoms with E-state index in [1.54, 1.807) is 0 Å². The Balaban J connectivity index is 2.76. The van der Waals surface area contributed by atoms with Crippen LogP contribution in [-0.4, -0.2) is 55.1 Å². The molecule has 0 bridgehead atoms. The molecule has 1 fully saturated rings. The van der Waals surface area contributed by atoms with Gasteiger partial charge < -0.3 is 10.6 Å². The van der Waals surface area contributed by atoms with Crippen molar-refractivity contribution < 1.29 is 14.4 Å². The summed E-state index contributed by atoms with van der Waals surface area (Å²) in [7, 11) is 4.24. The minimum atomic E-state index is -0.910. The van der Waals surface area contributed by atoms with E-state index in [0.717, 1.165) is 9.80 Å². The Morgan fingerprint density at radius 2 is 2.14 bits per heavy atom. The molecule has 78 valence electrons. The number of hydrogen-bond acceptors (Lipinski definition) is 3. The van der Waals surface area contributed by atoms with Crippen LogP contribution in [0.4, 0.5) is 9.59 Å². The van der Waals surface area contributed by atoms with Gasteiger partial charge in [0.25, 0.3) is 5.91 Å². The maximum Gasteiger partial charge on any atom is 0.325 e. The van der Waals surface area contributed by atoms with Gasteiger partial charge >= 0.3 is 12.1 Å². The van der Waals surface area contributed by atoms with Crippen LogP contribution in [0.2, 0.25) is 0 Å². The van der Waals surface area contributed by atoms with E-state index in [9.17, 15) is 14.4 Å². The maximum atomic E-state index is 11.4. The molecular weight excluding hydrogens is 188 g/mol. The maximum absolute atomic E-state index is 11.4. The number of carbonyl (C=O) groups is 3. The zero-order valence-electron chi connectivity index (χ0n) is 8.20. The summed E-state index contributed by atoms with van der Waals surface area (Å²) in [6, 6.07) is -0.935. The van der Waals surface area contributed by atoms with Crippen molar-refractivity contribution in [3.05, 3.63) is 0 Å². The van der Waals surface area contributed by atoms with Crippen LogP contribution in [0, 0.1) is 0 Å². The van der Waals surface area contributed by atoms with E-state index in [1.807, 2.05) is 0 Å². The van der Waals surface area contributed by atoms with Crippen molar-refractivity contribution in [2.75, 3.05) is 21.1 Å². The first-order valence-electron chi connectivity index (χ1n) is 4.01. The summed E-state index contributed by atoms with van der Waals surface area (Å²) in [4.78, 5) is 35.7. The summed E-state index contributed by atoms with van der Waals surface area (Å²) >= 11 is 0. The zero-order chi connectivity index (χ0) is 10.9. The van der Waals surface area contributed by atoms with E-state index in [2.05, 4.69) is 10.6 Å². The summed E-state index contributed by atoms with van der Waals surface area (Å²) in [5.41, 5.74) is 0. The minimum Gasteiger partial charge on any atom is -0.341 e. The predicted molar refractivity (Wildman–Crippen MR) is 47.3 cm³/mol. The summed E-state index contributed by atoms with van der Waals surface area (Å²) in [6.07, 6.45) is -0.910. The second-order valence-corrected chi connectivity index (χ2v) is 2.92. The molecule has 0 spiro atoms. The number of imide groups is 1. The van der Waals surface area contributed by atoms with Gasteiger partial charge in [-0.2, -0.15) is 0 Å². The fraction of sp³-hybridized carbons (Fsp3) is 0.571. The van der Waals surface area contributed by atoms with Gasteiger partial charge in [-0.3, -0.25) is 14.6 Å². The number of amides is 5. The van der Waals surface area contributed by atoms with E-state index in [0.29, 0.717) is 0 Å². The molecule has 0 aromatic carbocycles. The Labute approximate surface area is 81.0 Å². The zero-order valence-corrected chi connectivity index (χ0v) is 8.20. The lowest BCUT2D eigenvalue weighted by Gasteiger charge is -2.21. The van der Waals surface area contributed by atoms with Crippen LogP contribution in [-0.2, 0) is 4.79 Å². The highest BCUT2D eigenvalue weighted by atomic mass is 16.2. The van der Waals surface area contributed by atoms with Crippen molar-refractivity contribution in [1.29, 1.82) is 0 Å². The topological polar surface area (TPSA) is 81.8 Å². The van der Waals surface area contributed by atoms with Gasteiger partial charge in [-0.1, -0.05) is 0 Å². The molecule has 7 nitrogen and oxygen atoms in total. The van der Waals surface area contributed by atoms with Gasteiger partial charge in [0.2, 0.25) is 0 Å². The van der Waals surface area contributed by atoms with E-state index in [1.165, 1.54) is 21.1 Å². The first-order valence-corrected chi connectivity index (χ1v) is 4.01. The lowest BCUT2D eigenvalue weighted by molar-refractivity contribution is -0.129. The van der Waals surface area contributed by atoms with Gasteiger partial charge in [0, 0.05) is 21.1 Å². The van der Waals surface area contributed by atoms with E-state index in [-0.39, 0.29) is 0 Å². The molecule has 0 aromatic heterocycles. The standard InChI is InChI=1S/C7H12N4O3/c1-8-6(13)10(2)4-5(12)11(3)7(14)9-4/h4H,1-3H3,(H,8,13)(H,9,14)/t4-/m1/s1. The third kappa shape index (κ3) is 1.48. The van der Waals surface area contributed by atoms with Gasteiger partial charge in [-0.15, -0.1) is 0 Å². The quantitative estimate of drug-likeness (QED) is 0.520. The van der Waals surface area contributed by atoms with Crippen LogP contribution in [0.15, 0.2) is 0 Å². The molecule has 0 unspecified atom stereocenters. The molecular formula is C7H12N4O3. The second-order valence-electron chi connectivity index (χ2n) is 2.92. The largest absolute Gasteiger partial charge is 0.341 e. The third-order valence-electron chi connectivity index (χ3n) is 2.05. The van der Waals surface area contributed by atoms with Crippen LogP contribution in [0.25, 0.3) is 0 Å². The van der Waals surface area contributed by atoms with Crippen LogP contribution >= 0.6 is 0 Å². The van der Waals surface area contributed by atoms with Crippen LogP contribution in [0.1, 0.15) is 0 Å². The molecule has 14 heavy (non-hydrogen) atoms. The Morgan fingerprint density at radius 3 is 2.50 bits per heavy atom. The van der Waals surface area contributed by atoms with Crippen molar-refractivity contribution in [3.8, 4) is 0 Å². The Morgan fingerprint density at radius 1 is 1.57 bits per heavy atom. The summed E-state index contributed by atoms with van der Waals surface area (Å²) < 4.78 is 0. The summed E-state index contributed by atoms with van der Waals surface area (Å²) in [5, 5.41) is 4.73. The number of likely N-dealkylation sites (N-methyl/N-ethyl adjacent to an activating group) is 2. The average molecular weight is 200 g/mol. The van der Waals surface area contributed by atoms with Crippen molar-refractivity contribution in [2.45, 2.75) is 6.17 Å². The molecule has 7 heteroatoms. The van der Waals surface area contributed by atoms with Crippen LogP contribution in [0.3, 0.4) is 0 Å². The highest BCUT2D eigenvalue weighted by Crippen LogP contribution is 2.06. The van der Waals surface area contributed by atoms with Crippen molar-refractivity contribution >= 4 is 18.0 Å². The van der Waals surface area contributed by atoms with Crippen molar-refractivity contribution in [3.63, 3.8) is 0 Å². The van der Waals surface area contributed by atoms with Gasteiger partial charge in [0.15, 0.2) is 6.17 Å². The minimum absolute atomic E-state index is 0.432. The van der Waals surface area contributed by atoms with Gasteiger partial charge in [0.05, 0.1) is 0 Å². The molecule has 0 radical (unpaired) electrons. The predicted octanol–water partition coefficient (Wildman–Crippen LogP) is -1.23. The lowest BCUT2D eigenvalue weighted by atomic mass is 10.4. The normalized spacial score (nSPS) is 20.8. The van der Waals surface area contributed by atoms with E-state index < -0.39 is 24.1 Å². The first-order chi connectivity index (χ1) is 6.49. The molecule has 1 aliphatic rings. The molecule has 5 amide bonds.